The summed E-state index contributed by atoms with van der Waals surface area (Å²) >= 11 is 0. The first kappa shape index (κ1) is 17.8. The fraction of sp³-hybridized carbons (Fsp3) is 0.444. The number of hydrogen-bond donors (Lipinski definition) is 3. The van der Waals surface area contributed by atoms with Crippen LogP contribution in [0.1, 0.15) is 19.3 Å². The first-order valence-corrected chi connectivity index (χ1v) is 8.52. The second-order valence-electron chi connectivity index (χ2n) is 6.97. The molecule has 6 nitrogen and oxygen atoms in total. The van der Waals surface area contributed by atoms with E-state index in [9.17, 15) is 4.79 Å². The molecule has 4 rings (SSSR count). The minimum atomic E-state index is 0. The lowest BCUT2D eigenvalue weighted by molar-refractivity contribution is -0.118. The van der Waals surface area contributed by atoms with Crippen molar-refractivity contribution in [2.45, 2.75) is 19.3 Å². The molecule has 1 aromatic heterocycles. The predicted octanol–water partition coefficient (Wildman–Crippen LogP) is 2.91. The highest BCUT2D eigenvalue weighted by Gasteiger charge is 2.57. The molecule has 25 heavy (non-hydrogen) atoms. The molecule has 2 aromatic rings. The Bertz CT molecular complexity index is 753. The quantitative estimate of drug-likeness (QED) is 0.783. The van der Waals surface area contributed by atoms with E-state index in [2.05, 4.69) is 21.0 Å². The maximum Gasteiger partial charge on any atom is 0.228 e. The van der Waals surface area contributed by atoms with Gasteiger partial charge in [0.15, 0.2) is 0 Å². The Labute approximate surface area is 153 Å². The summed E-state index contributed by atoms with van der Waals surface area (Å²) in [6.45, 7) is 2.07. The maximum atomic E-state index is 12.6. The molecular formula is C18H24ClN5O. The number of nitrogens with zero attached hydrogens (tertiary/aromatic N) is 2. The van der Waals surface area contributed by atoms with Crippen molar-refractivity contribution < 1.29 is 4.79 Å². The van der Waals surface area contributed by atoms with Crippen LogP contribution in [0, 0.1) is 11.3 Å². The molecule has 3 N–H and O–H groups in total. The van der Waals surface area contributed by atoms with Crippen LogP contribution in [-0.4, -0.2) is 28.8 Å². The molecule has 1 saturated carbocycles. The van der Waals surface area contributed by atoms with Gasteiger partial charge in [0.2, 0.25) is 5.91 Å². The Morgan fingerprint density at radius 3 is 2.76 bits per heavy atom. The highest BCUT2D eigenvalue weighted by Crippen LogP contribution is 2.58. The fourth-order valence-electron chi connectivity index (χ4n) is 3.75. The number of hydrogen-bond acceptors (Lipinski definition) is 4. The highest BCUT2D eigenvalue weighted by molar-refractivity contribution is 5.95. The van der Waals surface area contributed by atoms with Gasteiger partial charge in [-0.25, -0.2) is 0 Å². The Hall–Kier alpha value is -2.05. The maximum absolute atomic E-state index is 12.6. The van der Waals surface area contributed by atoms with E-state index in [0.29, 0.717) is 0 Å². The largest absolute Gasteiger partial charge is 0.353 e. The summed E-state index contributed by atoms with van der Waals surface area (Å²) in [6, 6.07) is 7.82. The normalized spacial score (nSPS) is 20.6. The van der Waals surface area contributed by atoms with Crippen molar-refractivity contribution in [3.63, 3.8) is 0 Å². The van der Waals surface area contributed by atoms with Gasteiger partial charge in [-0.3, -0.25) is 9.48 Å². The first-order valence-electron chi connectivity index (χ1n) is 8.52. The third kappa shape index (κ3) is 3.80. The number of amides is 1. The minimum absolute atomic E-state index is 0. The number of aryl methyl sites for hydroxylation is 1. The SMILES string of the molecule is Cl.Cn1cc(Nc2cccc(NC(=O)C3CC34CCNCC4)c2)cn1. The van der Waals surface area contributed by atoms with Crippen LogP contribution in [0.3, 0.4) is 0 Å². The molecule has 0 bridgehead atoms. The lowest BCUT2D eigenvalue weighted by Crippen LogP contribution is -2.31. The van der Waals surface area contributed by atoms with E-state index in [1.807, 2.05) is 37.5 Å². The van der Waals surface area contributed by atoms with Crippen LogP contribution in [0.4, 0.5) is 17.1 Å². The number of rotatable bonds is 4. The Morgan fingerprint density at radius 2 is 2.04 bits per heavy atom. The summed E-state index contributed by atoms with van der Waals surface area (Å²) in [4.78, 5) is 12.6. The summed E-state index contributed by atoms with van der Waals surface area (Å²) in [5.74, 6) is 0.338. The van der Waals surface area contributed by atoms with Crippen LogP contribution < -0.4 is 16.0 Å². The summed E-state index contributed by atoms with van der Waals surface area (Å²) < 4.78 is 1.75. The molecule has 1 aliphatic carbocycles. The van der Waals surface area contributed by atoms with Gasteiger partial charge < -0.3 is 16.0 Å². The molecule has 2 aliphatic rings. The molecule has 134 valence electrons. The smallest absolute Gasteiger partial charge is 0.228 e. The van der Waals surface area contributed by atoms with E-state index in [1.54, 1.807) is 10.9 Å². The third-order valence-corrected chi connectivity index (χ3v) is 5.23. The van der Waals surface area contributed by atoms with Crippen LogP contribution in [0.25, 0.3) is 0 Å². The molecule has 2 fully saturated rings. The molecule has 7 heteroatoms. The second-order valence-corrected chi connectivity index (χ2v) is 6.97. The number of piperidine rings is 1. The third-order valence-electron chi connectivity index (χ3n) is 5.23. The van der Waals surface area contributed by atoms with E-state index in [-0.39, 0.29) is 29.6 Å². The van der Waals surface area contributed by atoms with Crippen LogP contribution in [0.5, 0.6) is 0 Å². The summed E-state index contributed by atoms with van der Waals surface area (Å²) in [6.07, 6.45) is 6.96. The van der Waals surface area contributed by atoms with Crippen LogP contribution in [0.2, 0.25) is 0 Å². The van der Waals surface area contributed by atoms with Crippen molar-refractivity contribution in [3.8, 4) is 0 Å². The van der Waals surface area contributed by atoms with E-state index in [1.165, 1.54) is 0 Å². The van der Waals surface area contributed by atoms with Gasteiger partial charge in [0, 0.05) is 30.5 Å². The molecule has 1 aliphatic heterocycles. The Balaban J connectivity index is 0.00000182. The minimum Gasteiger partial charge on any atom is -0.353 e. The van der Waals surface area contributed by atoms with Crippen molar-refractivity contribution in [2.75, 3.05) is 23.7 Å². The molecular weight excluding hydrogens is 338 g/mol. The van der Waals surface area contributed by atoms with Crippen molar-refractivity contribution in [2.24, 2.45) is 18.4 Å². The number of nitrogens with one attached hydrogen (secondary N) is 3. The number of carbonyl (C=O) groups excluding carboxylic acids is 1. The molecule has 1 amide bonds. The lowest BCUT2D eigenvalue weighted by Gasteiger charge is -2.23. The molecule has 1 unspecified atom stereocenters. The van der Waals surface area contributed by atoms with Crippen molar-refractivity contribution in [1.29, 1.82) is 0 Å². The predicted molar refractivity (Wildman–Crippen MR) is 101 cm³/mol. The molecule has 2 heterocycles. The summed E-state index contributed by atoms with van der Waals surface area (Å²) in [7, 11) is 1.88. The van der Waals surface area contributed by atoms with Gasteiger partial charge in [-0.05, 0) is 56.0 Å². The summed E-state index contributed by atoms with van der Waals surface area (Å²) in [5, 5.41) is 13.9. The molecule has 1 saturated heterocycles. The zero-order valence-corrected chi connectivity index (χ0v) is 15.1. The van der Waals surface area contributed by atoms with E-state index in [0.717, 1.165) is 49.4 Å². The number of aromatic nitrogens is 2. The molecule has 1 aromatic carbocycles. The lowest BCUT2D eigenvalue weighted by atomic mass is 9.92. The number of benzene rings is 1. The topological polar surface area (TPSA) is 71.0 Å². The number of halogens is 1. The summed E-state index contributed by atoms with van der Waals surface area (Å²) in [5.41, 5.74) is 2.97. The number of anilines is 3. The Kier molecular flexibility index (Phi) is 5.01. The van der Waals surface area contributed by atoms with Crippen molar-refractivity contribution in [1.82, 2.24) is 15.1 Å². The zero-order chi connectivity index (χ0) is 16.6. The van der Waals surface area contributed by atoms with E-state index < -0.39 is 0 Å². The average molecular weight is 362 g/mol. The molecule has 1 spiro atoms. The van der Waals surface area contributed by atoms with E-state index in [4.69, 9.17) is 0 Å². The first-order chi connectivity index (χ1) is 11.6. The van der Waals surface area contributed by atoms with Crippen molar-refractivity contribution >= 4 is 35.4 Å². The standard InChI is InChI=1S/C18H23N5O.ClH/c1-23-12-15(11-20-23)21-13-3-2-4-14(9-13)22-17(24)16-10-18(16)5-7-19-8-6-18;/h2-4,9,11-12,16,19,21H,5-8,10H2,1H3,(H,22,24);1H. The fourth-order valence-corrected chi connectivity index (χ4v) is 3.75. The molecule has 1 atom stereocenters. The van der Waals surface area contributed by atoms with Crippen LogP contribution in [0.15, 0.2) is 36.7 Å². The van der Waals surface area contributed by atoms with Crippen LogP contribution in [-0.2, 0) is 11.8 Å². The van der Waals surface area contributed by atoms with Gasteiger partial charge in [-0.15, -0.1) is 12.4 Å². The average Bonchev–Trinajstić information content (AvgIpc) is 3.11. The number of carbonyl (C=O) groups is 1. The van der Waals surface area contributed by atoms with E-state index >= 15 is 0 Å². The van der Waals surface area contributed by atoms with Gasteiger partial charge in [-0.1, -0.05) is 6.07 Å². The molecule has 0 radical (unpaired) electrons. The van der Waals surface area contributed by atoms with Crippen LogP contribution >= 0.6 is 12.4 Å². The zero-order valence-electron chi connectivity index (χ0n) is 14.3. The monoisotopic (exact) mass is 361 g/mol. The van der Waals surface area contributed by atoms with Gasteiger partial charge in [0.25, 0.3) is 0 Å². The van der Waals surface area contributed by atoms with Gasteiger partial charge in [0.05, 0.1) is 11.9 Å². The Morgan fingerprint density at radius 1 is 1.28 bits per heavy atom. The van der Waals surface area contributed by atoms with Gasteiger partial charge in [-0.2, -0.15) is 5.10 Å². The van der Waals surface area contributed by atoms with Crippen molar-refractivity contribution in [3.05, 3.63) is 36.7 Å². The highest BCUT2D eigenvalue weighted by atomic mass is 35.5. The van der Waals surface area contributed by atoms with Gasteiger partial charge >= 0.3 is 0 Å². The van der Waals surface area contributed by atoms with Gasteiger partial charge in [0.1, 0.15) is 0 Å². The second kappa shape index (κ2) is 7.06.